The molecule has 3 aliphatic rings. The summed E-state index contributed by atoms with van der Waals surface area (Å²) in [5.74, 6) is 1.03. The van der Waals surface area contributed by atoms with Gasteiger partial charge in [0, 0.05) is 50.8 Å². The number of rotatable bonds is 5. The molecule has 0 N–H and O–H groups in total. The molecule has 0 amide bonds. The second-order valence-corrected chi connectivity index (χ2v) is 23.1. The number of anilines is 9. The summed E-state index contributed by atoms with van der Waals surface area (Å²) in [6.07, 6.45) is 1.97. The third kappa shape index (κ3) is 7.12. The molecule has 2 aliphatic heterocycles. The summed E-state index contributed by atoms with van der Waals surface area (Å²) in [6.45, 7) is 29.3. The van der Waals surface area contributed by atoms with Gasteiger partial charge in [0.15, 0.2) is 0 Å². The standard InChI is InChI=1S/C60H66BN3O/c1-56(2,3)39-24-29-44(30-25-39)63-48-33-28-41(58(7,8)9)36-47(48)61-52-49(63)37-46(62(42-20-16-14-17-21-42)43-22-18-15-19-23-43)38-50(52)64(45-31-26-40(27-32-45)57(4,5)6)53-51-54(65-55(53)61)60(12,13)35-34-59(51,10)11/h14-33,36-38H,34-35H2,1-13H3/i14D,16D,17D,20D,21D. The van der Waals surface area contributed by atoms with Crippen LogP contribution in [0.4, 0.5) is 51.2 Å². The van der Waals surface area contributed by atoms with E-state index in [-0.39, 0.29) is 63.6 Å². The van der Waals surface area contributed by atoms with Gasteiger partial charge in [0.25, 0.3) is 6.71 Å². The van der Waals surface area contributed by atoms with E-state index in [2.05, 4.69) is 179 Å². The number of para-hydroxylation sites is 2. The van der Waals surface area contributed by atoms with E-state index in [1.807, 2.05) is 35.2 Å². The Balaban J connectivity index is 1.40. The first-order valence-corrected chi connectivity index (χ1v) is 23.4. The van der Waals surface area contributed by atoms with Crippen molar-refractivity contribution in [3.05, 3.63) is 167 Å². The third-order valence-corrected chi connectivity index (χ3v) is 14.4. The minimum atomic E-state index is -0.432. The molecule has 3 heterocycles. The zero-order valence-corrected chi connectivity index (χ0v) is 40.6. The van der Waals surface area contributed by atoms with Crippen LogP contribution in [-0.2, 0) is 27.1 Å². The van der Waals surface area contributed by atoms with Gasteiger partial charge in [-0.2, -0.15) is 0 Å². The minimum Gasteiger partial charge on any atom is -0.472 e. The van der Waals surface area contributed by atoms with Crippen LogP contribution in [-0.4, -0.2) is 6.71 Å². The Morgan fingerprint density at radius 3 is 1.65 bits per heavy atom. The highest BCUT2D eigenvalue weighted by Crippen LogP contribution is 2.56. The quantitative estimate of drug-likeness (QED) is 0.161. The lowest BCUT2D eigenvalue weighted by atomic mass is 9.35. The van der Waals surface area contributed by atoms with Crippen molar-refractivity contribution in [1.82, 2.24) is 0 Å². The molecule has 0 radical (unpaired) electrons. The number of benzene rings is 6. The molecule has 330 valence electrons. The molecule has 0 bridgehead atoms. The maximum absolute atomic E-state index is 9.46. The van der Waals surface area contributed by atoms with Crippen molar-refractivity contribution in [2.75, 3.05) is 14.7 Å². The van der Waals surface area contributed by atoms with E-state index in [9.17, 15) is 2.74 Å². The SMILES string of the molecule is [2H]c1c([2H])c([2H])c(N(c2ccccc2)c2cc3c4c(c2)N(c2ccc(C(C)(C)C)cc2)c2c(oc5c2C(C)(C)CCC5(C)C)B4c2cc(C(C)(C)C)ccc2N3c2ccc(C(C)(C)C)cc2)c([2H])c1[2H]. The first-order valence-electron chi connectivity index (χ1n) is 25.9. The van der Waals surface area contributed by atoms with Crippen LogP contribution < -0.4 is 31.3 Å². The molecule has 4 nitrogen and oxygen atoms in total. The Hall–Kier alpha value is -5.94. The number of hydrogen-bond acceptors (Lipinski definition) is 4. The fourth-order valence-electron chi connectivity index (χ4n) is 10.5. The van der Waals surface area contributed by atoms with Gasteiger partial charge in [0.2, 0.25) is 0 Å². The van der Waals surface area contributed by atoms with E-state index in [0.29, 0.717) is 11.4 Å². The van der Waals surface area contributed by atoms with Gasteiger partial charge in [-0.15, -0.1) is 0 Å². The van der Waals surface area contributed by atoms with Gasteiger partial charge in [-0.25, -0.2) is 0 Å². The first-order chi connectivity index (χ1) is 32.7. The zero-order chi connectivity index (χ0) is 50.4. The molecule has 0 atom stereocenters. The van der Waals surface area contributed by atoms with Crippen LogP contribution >= 0.6 is 0 Å². The molecule has 5 heteroatoms. The van der Waals surface area contributed by atoms with E-state index in [0.717, 1.165) is 69.3 Å². The minimum absolute atomic E-state index is 0.0658. The fourth-order valence-corrected chi connectivity index (χ4v) is 10.5. The van der Waals surface area contributed by atoms with Crippen LogP contribution in [0.25, 0.3) is 0 Å². The average molecular weight is 861 g/mol. The Bertz CT molecular complexity index is 3200. The van der Waals surface area contributed by atoms with Gasteiger partial charge in [0.05, 0.1) is 23.9 Å². The molecule has 0 saturated carbocycles. The van der Waals surface area contributed by atoms with Crippen molar-refractivity contribution in [1.29, 1.82) is 0 Å². The van der Waals surface area contributed by atoms with E-state index in [1.165, 1.54) is 22.3 Å². The lowest BCUT2D eigenvalue weighted by Gasteiger charge is -2.45. The summed E-state index contributed by atoms with van der Waals surface area (Å²) >= 11 is 0. The Morgan fingerprint density at radius 2 is 1.08 bits per heavy atom. The fraction of sp³-hybridized carbons (Fsp3) is 0.333. The summed E-state index contributed by atoms with van der Waals surface area (Å²) in [5, 5.41) is 0. The lowest BCUT2D eigenvalue weighted by Crippen LogP contribution is -2.61. The molecule has 6 aromatic carbocycles. The summed E-state index contributed by atoms with van der Waals surface area (Å²) in [6, 6.07) is 37.1. The summed E-state index contributed by atoms with van der Waals surface area (Å²) < 4.78 is 53.1. The molecule has 0 unspecified atom stereocenters. The highest BCUT2D eigenvalue weighted by Gasteiger charge is 2.52. The van der Waals surface area contributed by atoms with E-state index >= 15 is 0 Å². The van der Waals surface area contributed by atoms with Gasteiger partial charge >= 0.3 is 0 Å². The van der Waals surface area contributed by atoms with Crippen molar-refractivity contribution in [2.24, 2.45) is 0 Å². The van der Waals surface area contributed by atoms with Gasteiger partial charge in [-0.05, 0) is 129 Å². The lowest BCUT2D eigenvalue weighted by molar-refractivity contribution is 0.282. The largest absolute Gasteiger partial charge is 0.472 e. The molecule has 1 aromatic heterocycles. The van der Waals surface area contributed by atoms with Crippen LogP contribution in [0, 0.1) is 0 Å². The maximum atomic E-state index is 9.46. The van der Waals surface area contributed by atoms with E-state index < -0.39 is 6.04 Å². The predicted molar refractivity (Wildman–Crippen MR) is 279 cm³/mol. The molecule has 0 spiro atoms. The topological polar surface area (TPSA) is 22.9 Å². The summed E-state index contributed by atoms with van der Waals surface area (Å²) in [5.41, 5.74) is 14.6. The maximum Gasteiger partial charge on any atom is 0.297 e. The molecular weight excluding hydrogens is 789 g/mol. The van der Waals surface area contributed by atoms with Crippen molar-refractivity contribution >= 4 is 74.5 Å². The number of hydrogen-bond donors (Lipinski definition) is 0. The average Bonchev–Trinajstić information content (AvgIpc) is 3.73. The molecule has 10 rings (SSSR count). The summed E-state index contributed by atoms with van der Waals surface area (Å²) in [4.78, 5) is 6.66. The van der Waals surface area contributed by atoms with Crippen LogP contribution in [0.2, 0.25) is 0 Å². The van der Waals surface area contributed by atoms with Gasteiger partial charge in [-0.1, -0.05) is 163 Å². The predicted octanol–water partition coefficient (Wildman–Crippen LogP) is 15.1. The Kier molecular flexibility index (Phi) is 8.49. The molecule has 65 heavy (non-hydrogen) atoms. The molecule has 7 aromatic rings. The van der Waals surface area contributed by atoms with Crippen LogP contribution in [0.5, 0.6) is 0 Å². The van der Waals surface area contributed by atoms with Crippen LogP contribution in [0.1, 0.15) is 138 Å². The Labute approximate surface area is 396 Å². The van der Waals surface area contributed by atoms with Crippen LogP contribution in [0.15, 0.2) is 144 Å². The van der Waals surface area contributed by atoms with Crippen molar-refractivity contribution < 1.29 is 11.3 Å². The normalized spacial score (nSPS) is 17.2. The molecular formula is C60H66BN3O. The molecule has 0 fully saturated rings. The van der Waals surface area contributed by atoms with Gasteiger partial charge in [0.1, 0.15) is 5.76 Å². The highest BCUT2D eigenvalue weighted by atomic mass is 16.3. The second-order valence-electron chi connectivity index (χ2n) is 23.1. The third-order valence-electron chi connectivity index (χ3n) is 14.4. The van der Waals surface area contributed by atoms with E-state index in [1.54, 1.807) is 0 Å². The van der Waals surface area contributed by atoms with Gasteiger partial charge in [-0.3, -0.25) is 0 Å². The molecule has 0 saturated heterocycles. The molecule has 1 aliphatic carbocycles. The van der Waals surface area contributed by atoms with E-state index in [4.69, 9.17) is 8.53 Å². The monoisotopic (exact) mass is 861 g/mol. The smallest absolute Gasteiger partial charge is 0.297 e. The van der Waals surface area contributed by atoms with Crippen molar-refractivity contribution in [2.45, 2.75) is 130 Å². The van der Waals surface area contributed by atoms with Crippen molar-refractivity contribution in [3.8, 4) is 0 Å². The van der Waals surface area contributed by atoms with Gasteiger partial charge < -0.3 is 19.1 Å². The number of nitrogens with zero attached hydrogens (tertiary/aromatic N) is 3. The highest BCUT2D eigenvalue weighted by molar-refractivity contribution is 6.99. The Morgan fingerprint density at radius 1 is 0.554 bits per heavy atom. The number of fused-ring (bicyclic) bond motifs is 6. The van der Waals surface area contributed by atoms with Crippen molar-refractivity contribution in [3.63, 3.8) is 0 Å². The summed E-state index contributed by atoms with van der Waals surface area (Å²) in [7, 11) is 0. The zero-order valence-electron chi connectivity index (χ0n) is 45.6. The van der Waals surface area contributed by atoms with Crippen LogP contribution in [0.3, 0.4) is 0 Å². The second kappa shape index (κ2) is 14.8. The number of furan rings is 1. The first kappa shape index (κ1) is 37.3.